The minimum Gasteiger partial charge on any atom is -0.506 e. The number of nitrogen functional groups attached to an aromatic ring is 1. The lowest BCUT2D eigenvalue weighted by Gasteiger charge is -2.26. The van der Waals surface area contributed by atoms with E-state index in [0.717, 1.165) is 57.1 Å². The Morgan fingerprint density at radius 3 is 2.68 bits per heavy atom. The van der Waals surface area contributed by atoms with Crippen LogP contribution in [0.1, 0.15) is 6.42 Å². The van der Waals surface area contributed by atoms with Gasteiger partial charge in [0, 0.05) is 43.3 Å². The van der Waals surface area contributed by atoms with E-state index >= 15 is 0 Å². The van der Waals surface area contributed by atoms with E-state index in [1.807, 2.05) is 9.95 Å². The number of halogens is 1. The molecule has 0 unspecified atom stereocenters. The molecule has 2 aromatic heterocycles. The van der Waals surface area contributed by atoms with Crippen LogP contribution in [0.15, 0.2) is 35.8 Å². The van der Waals surface area contributed by atoms with Crippen molar-refractivity contribution < 1.29 is 14.2 Å². The monoisotopic (exact) mass is 402 g/mol. The van der Waals surface area contributed by atoms with E-state index < -0.39 is 0 Å². The van der Waals surface area contributed by atoms with E-state index in [0.29, 0.717) is 16.4 Å². The molecule has 0 radical (unpaired) electrons. The maximum Gasteiger partial charge on any atom is 0.145 e. The van der Waals surface area contributed by atoms with Gasteiger partial charge in [0.05, 0.1) is 24.5 Å². The highest BCUT2D eigenvalue weighted by Crippen LogP contribution is 2.39. The van der Waals surface area contributed by atoms with E-state index in [1.165, 1.54) is 23.5 Å². The number of morpholine rings is 1. The molecule has 1 aliphatic rings. The average Bonchev–Trinajstić information content (AvgIpc) is 3.28. The van der Waals surface area contributed by atoms with Gasteiger partial charge in [-0.1, -0.05) is 0 Å². The van der Waals surface area contributed by atoms with Crippen molar-refractivity contribution in [3.05, 3.63) is 41.7 Å². The average molecular weight is 402 g/mol. The molecule has 148 valence electrons. The van der Waals surface area contributed by atoms with E-state index in [1.54, 1.807) is 18.3 Å². The Balaban J connectivity index is 1.47. The Morgan fingerprint density at radius 1 is 1.18 bits per heavy atom. The van der Waals surface area contributed by atoms with E-state index in [2.05, 4.69) is 9.88 Å². The molecule has 0 spiro atoms. The number of anilines is 1. The lowest BCUT2D eigenvalue weighted by atomic mass is 10.2. The number of aromatic hydroxyl groups is 1. The van der Waals surface area contributed by atoms with Gasteiger partial charge in [-0.25, -0.2) is 9.37 Å². The summed E-state index contributed by atoms with van der Waals surface area (Å²) in [6.45, 7) is 5.20. The summed E-state index contributed by atoms with van der Waals surface area (Å²) in [5.41, 5.74) is 8.43. The molecule has 1 aliphatic heterocycles. The van der Waals surface area contributed by atoms with Gasteiger partial charge in [0.2, 0.25) is 0 Å². The van der Waals surface area contributed by atoms with Crippen LogP contribution in [0, 0.1) is 5.82 Å². The fraction of sp³-hybridized carbons (Fsp3) is 0.350. The van der Waals surface area contributed by atoms with Gasteiger partial charge in [-0.3, -0.25) is 4.90 Å². The second kappa shape index (κ2) is 8.30. The molecule has 1 fully saturated rings. The summed E-state index contributed by atoms with van der Waals surface area (Å²) in [5, 5.41) is 13.0. The Hall–Kier alpha value is -2.42. The number of aromatic nitrogens is 2. The quantitative estimate of drug-likeness (QED) is 0.661. The van der Waals surface area contributed by atoms with Gasteiger partial charge in [0.1, 0.15) is 22.4 Å². The van der Waals surface area contributed by atoms with Crippen LogP contribution < -0.4 is 5.73 Å². The van der Waals surface area contributed by atoms with Crippen molar-refractivity contribution >= 4 is 17.2 Å². The minimum absolute atomic E-state index is 0.129. The number of benzene rings is 1. The predicted molar refractivity (Wildman–Crippen MR) is 109 cm³/mol. The molecule has 4 rings (SSSR count). The number of rotatable bonds is 6. The standard InChI is InChI=1S/C20H23FN4O2S/c21-15-4-2-14(3-5-15)16-13-28-20(23-16)18-17(26)12-25(19(18)22)7-1-6-24-8-10-27-11-9-24/h2-5,12-13,26H,1,6-11,22H2. The summed E-state index contributed by atoms with van der Waals surface area (Å²) in [5.74, 6) is 0.360. The number of ether oxygens (including phenoxy) is 1. The molecule has 0 bridgehead atoms. The normalized spacial score (nSPS) is 15.2. The van der Waals surface area contributed by atoms with E-state index in [9.17, 15) is 9.50 Å². The third kappa shape index (κ3) is 4.04. The van der Waals surface area contributed by atoms with Crippen LogP contribution in [0.25, 0.3) is 21.8 Å². The van der Waals surface area contributed by atoms with Gasteiger partial charge in [-0.15, -0.1) is 11.3 Å². The number of hydrogen-bond donors (Lipinski definition) is 2. The zero-order valence-corrected chi connectivity index (χ0v) is 16.3. The summed E-state index contributed by atoms with van der Waals surface area (Å²) in [6.07, 6.45) is 2.61. The third-order valence-electron chi connectivity index (χ3n) is 4.93. The summed E-state index contributed by atoms with van der Waals surface area (Å²) < 4.78 is 20.4. The molecule has 0 saturated carbocycles. The van der Waals surface area contributed by atoms with Crippen LogP contribution >= 0.6 is 11.3 Å². The summed E-state index contributed by atoms with van der Waals surface area (Å²) in [7, 11) is 0. The molecule has 1 saturated heterocycles. The number of nitrogens with zero attached hydrogens (tertiary/aromatic N) is 3. The van der Waals surface area contributed by atoms with E-state index in [-0.39, 0.29) is 11.6 Å². The van der Waals surface area contributed by atoms with Gasteiger partial charge in [-0.2, -0.15) is 0 Å². The lowest BCUT2D eigenvalue weighted by molar-refractivity contribution is 0.0369. The number of hydrogen-bond acceptors (Lipinski definition) is 6. The first-order valence-corrected chi connectivity index (χ1v) is 10.2. The first-order valence-electron chi connectivity index (χ1n) is 9.31. The second-order valence-corrected chi connectivity index (χ2v) is 7.68. The van der Waals surface area contributed by atoms with E-state index in [4.69, 9.17) is 10.5 Å². The Labute approximate surface area is 167 Å². The molecule has 0 aliphatic carbocycles. The molecular weight excluding hydrogens is 379 g/mol. The molecule has 0 atom stereocenters. The Bertz CT molecular complexity index is 932. The molecule has 8 heteroatoms. The summed E-state index contributed by atoms with van der Waals surface area (Å²) in [4.78, 5) is 6.96. The van der Waals surface area contributed by atoms with Crippen molar-refractivity contribution in [2.75, 3.05) is 38.6 Å². The van der Waals surface area contributed by atoms with Crippen molar-refractivity contribution in [1.29, 1.82) is 0 Å². The van der Waals surface area contributed by atoms with Crippen molar-refractivity contribution in [2.24, 2.45) is 0 Å². The zero-order chi connectivity index (χ0) is 19.5. The second-order valence-electron chi connectivity index (χ2n) is 6.82. The number of aryl methyl sites for hydroxylation is 1. The SMILES string of the molecule is Nc1c(-c2nc(-c3ccc(F)cc3)cs2)c(O)cn1CCCN1CCOCC1. The van der Waals surface area contributed by atoms with Crippen molar-refractivity contribution in [1.82, 2.24) is 14.5 Å². The predicted octanol–water partition coefficient (Wildman–Crippen LogP) is 3.43. The topological polar surface area (TPSA) is 76.5 Å². The Morgan fingerprint density at radius 2 is 1.93 bits per heavy atom. The molecular formula is C20H23FN4O2S. The highest BCUT2D eigenvalue weighted by molar-refractivity contribution is 7.13. The van der Waals surface area contributed by atoms with Crippen LogP contribution in [0.5, 0.6) is 5.75 Å². The Kier molecular flexibility index (Phi) is 5.61. The van der Waals surface area contributed by atoms with Crippen LogP contribution in [0.4, 0.5) is 10.2 Å². The molecule has 6 nitrogen and oxygen atoms in total. The van der Waals surface area contributed by atoms with Gasteiger partial charge in [-0.05, 0) is 30.7 Å². The van der Waals surface area contributed by atoms with Crippen LogP contribution in [0.2, 0.25) is 0 Å². The molecule has 0 amide bonds. The highest BCUT2D eigenvalue weighted by Gasteiger charge is 2.19. The van der Waals surface area contributed by atoms with Crippen molar-refractivity contribution in [3.63, 3.8) is 0 Å². The third-order valence-corrected chi connectivity index (χ3v) is 5.79. The molecule has 28 heavy (non-hydrogen) atoms. The van der Waals surface area contributed by atoms with Gasteiger partial charge < -0.3 is 20.1 Å². The summed E-state index contributed by atoms with van der Waals surface area (Å²) >= 11 is 1.41. The van der Waals surface area contributed by atoms with Crippen LogP contribution in [-0.4, -0.2) is 52.4 Å². The fourth-order valence-electron chi connectivity index (χ4n) is 3.39. The molecule has 3 aromatic rings. The number of nitrogens with two attached hydrogens (primary N) is 1. The lowest BCUT2D eigenvalue weighted by Crippen LogP contribution is -2.37. The highest BCUT2D eigenvalue weighted by atomic mass is 32.1. The van der Waals surface area contributed by atoms with Crippen LogP contribution in [-0.2, 0) is 11.3 Å². The fourth-order valence-corrected chi connectivity index (χ4v) is 4.28. The van der Waals surface area contributed by atoms with Gasteiger partial charge >= 0.3 is 0 Å². The first kappa shape index (κ1) is 18.9. The zero-order valence-electron chi connectivity index (χ0n) is 15.5. The molecule has 3 N–H and O–H groups in total. The molecule has 1 aromatic carbocycles. The van der Waals surface area contributed by atoms with Gasteiger partial charge in [0.15, 0.2) is 0 Å². The van der Waals surface area contributed by atoms with Crippen molar-refractivity contribution in [3.8, 4) is 27.6 Å². The minimum atomic E-state index is -0.282. The van der Waals surface area contributed by atoms with Gasteiger partial charge in [0.25, 0.3) is 0 Å². The number of thiazole rings is 1. The smallest absolute Gasteiger partial charge is 0.145 e. The maximum absolute atomic E-state index is 13.1. The maximum atomic E-state index is 13.1. The van der Waals surface area contributed by atoms with Crippen molar-refractivity contribution in [2.45, 2.75) is 13.0 Å². The first-order chi connectivity index (χ1) is 13.6. The largest absolute Gasteiger partial charge is 0.506 e. The molecule has 3 heterocycles. The summed E-state index contributed by atoms with van der Waals surface area (Å²) in [6, 6.07) is 6.19. The van der Waals surface area contributed by atoms with Crippen LogP contribution in [0.3, 0.4) is 0 Å².